The smallest absolute Gasteiger partial charge is 0.251 e. The zero-order valence-electron chi connectivity index (χ0n) is 16.7. The van der Waals surface area contributed by atoms with Gasteiger partial charge in [0.15, 0.2) is 0 Å². The fourth-order valence-corrected chi connectivity index (χ4v) is 4.16. The number of nitrogens with zero attached hydrogens (tertiary/aromatic N) is 4. The van der Waals surface area contributed by atoms with Gasteiger partial charge in [-0.15, -0.1) is 0 Å². The number of pyridine rings is 1. The summed E-state index contributed by atoms with van der Waals surface area (Å²) in [7, 11) is 0. The minimum atomic E-state index is -0.252. The van der Waals surface area contributed by atoms with E-state index in [1.54, 1.807) is 42.5 Å². The molecule has 0 saturated carbocycles. The van der Waals surface area contributed by atoms with E-state index in [0.717, 1.165) is 28.6 Å². The van der Waals surface area contributed by atoms with E-state index in [-0.39, 0.29) is 11.8 Å². The van der Waals surface area contributed by atoms with E-state index in [1.165, 1.54) is 12.1 Å². The molecule has 0 spiro atoms. The van der Waals surface area contributed by atoms with Gasteiger partial charge in [0.25, 0.3) is 5.91 Å². The summed E-state index contributed by atoms with van der Waals surface area (Å²) in [6, 6.07) is 10.2. The Kier molecular flexibility index (Phi) is 8.24. The highest BCUT2D eigenvalue weighted by atomic mass is 35.5. The molecule has 6 nitrogen and oxygen atoms in total. The van der Waals surface area contributed by atoms with Crippen molar-refractivity contribution in [2.45, 2.75) is 12.8 Å². The van der Waals surface area contributed by atoms with Gasteiger partial charge in [-0.2, -0.15) is 17.0 Å². The Morgan fingerprint density at radius 1 is 1.16 bits per heavy atom. The molecule has 1 amide bonds. The molecular formula is C22H19Cl2N5OS. The molecule has 2 aromatic heterocycles. The lowest BCUT2D eigenvalue weighted by atomic mass is 10.1. The molecule has 1 atom stereocenters. The molecule has 0 aliphatic carbocycles. The second-order valence-corrected chi connectivity index (χ2v) is 8.75. The van der Waals surface area contributed by atoms with Crippen LogP contribution in [-0.4, -0.2) is 38.9 Å². The third-order valence-corrected chi connectivity index (χ3v) is 6.02. The minimum absolute atomic E-state index is 0.146. The fourth-order valence-electron chi connectivity index (χ4n) is 2.89. The second kappa shape index (κ2) is 11.1. The third kappa shape index (κ3) is 6.41. The van der Waals surface area contributed by atoms with Crippen LogP contribution in [0.2, 0.25) is 10.0 Å². The van der Waals surface area contributed by atoms with Gasteiger partial charge in [0.2, 0.25) is 0 Å². The summed E-state index contributed by atoms with van der Waals surface area (Å²) in [6.07, 6.45) is 4.92. The Bertz CT molecular complexity index is 1100. The van der Waals surface area contributed by atoms with Crippen LogP contribution in [0.15, 0.2) is 48.9 Å². The minimum Gasteiger partial charge on any atom is -0.351 e. The number of hydrogen-bond acceptors (Lipinski definition) is 6. The van der Waals surface area contributed by atoms with Gasteiger partial charge in [0.05, 0.1) is 28.0 Å². The number of halogens is 2. The molecule has 0 aliphatic rings. The second-order valence-electron chi connectivity index (χ2n) is 6.72. The van der Waals surface area contributed by atoms with E-state index in [4.69, 9.17) is 28.5 Å². The molecule has 9 heteroatoms. The van der Waals surface area contributed by atoms with Crippen molar-refractivity contribution in [1.82, 2.24) is 20.3 Å². The van der Waals surface area contributed by atoms with Crippen molar-refractivity contribution in [3.8, 4) is 17.5 Å². The zero-order chi connectivity index (χ0) is 22.2. The van der Waals surface area contributed by atoms with Crippen LogP contribution < -0.4 is 5.32 Å². The molecule has 0 saturated heterocycles. The van der Waals surface area contributed by atoms with Crippen molar-refractivity contribution < 1.29 is 4.79 Å². The molecule has 0 radical (unpaired) electrons. The van der Waals surface area contributed by atoms with Gasteiger partial charge in [-0.1, -0.05) is 30.1 Å². The molecule has 0 aliphatic heterocycles. The van der Waals surface area contributed by atoms with Crippen molar-refractivity contribution >= 4 is 40.9 Å². The molecule has 158 valence electrons. The average molecular weight is 472 g/mol. The van der Waals surface area contributed by atoms with Crippen LogP contribution in [0.4, 0.5) is 0 Å². The predicted molar refractivity (Wildman–Crippen MR) is 125 cm³/mol. The van der Waals surface area contributed by atoms with Crippen LogP contribution in [0.25, 0.3) is 11.4 Å². The highest BCUT2D eigenvalue weighted by Gasteiger charge is 2.16. The van der Waals surface area contributed by atoms with E-state index in [9.17, 15) is 4.79 Å². The normalized spacial score (nSPS) is 11.5. The number of hydrogen-bond donors (Lipinski definition) is 1. The highest BCUT2D eigenvalue weighted by molar-refractivity contribution is 7.99. The first kappa shape index (κ1) is 23.0. The Balaban J connectivity index is 1.52. The first-order valence-electron chi connectivity index (χ1n) is 9.47. The number of carbonyl (C=O) groups excluding carboxylic acids is 1. The Morgan fingerprint density at radius 2 is 1.97 bits per heavy atom. The summed E-state index contributed by atoms with van der Waals surface area (Å²) < 4.78 is 0. The van der Waals surface area contributed by atoms with Crippen LogP contribution in [-0.2, 0) is 0 Å². The van der Waals surface area contributed by atoms with E-state index < -0.39 is 0 Å². The topological polar surface area (TPSA) is 91.6 Å². The molecule has 1 unspecified atom stereocenters. The summed E-state index contributed by atoms with van der Waals surface area (Å²) >= 11 is 13.6. The van der Waals surface area contributed by atoms with Crippen molar-refractivity contribution in [3.05, 3.63) is 75.8 Å². The molecule has 31 heavy (non-hydrogen) atoms. The largest absolute Gasteiger partial charge is 0.351 e. The van der Waals surface area contributed by atoms with E-state index >= 15 is 0 Å². The molecule has 0 bridgehead atoms. The number of carbonyl (C=O) groups is 1. The van der Waals surface area contributed by atoms with Gasteiger partial charge >= 0.3 is 0 Å². The number of nitrogens with one attached hydrogen (secondary N) is 1. The molecule has 1 aromatic carbocycles. The fraction of sp³-hybridized carbons (Fsp3) is 0.227. The molecule has 3 rings (SSSR count). The van der Waals surface area contributed by atoms with Gasteiger partial charge in [-0.3, -0.25) is 19.7 Å². The summed E-state index contributed by atoms with van der Waals surface area (Å²) in [5.41, 5.74) is 3.08. The summed E-state index contributed by atoms with van der Waals surface area (Å²) in [5, 5.41) is 12.8. The molecule has 3 aromatic rings. The zero-order valence-corrected chi connectivity index (χ0v) is 19.0. The first-order chi connectivity index (χ1) is 15.0. The third-order valence-electron chi connectivity index (χ3n) is 4.35. The lowest BCUT2D eigenvalue weighted by Gasteiger charge is -2.14. The predicted octanol–water partition coefficient (Wildman–Crippen LogP) is 4.98. The van der Waals surface area contributed by atoms with Gasteiger partial charge in [0, 0.05) is 53.1 Å². The number of thioether (sulfide) groups is 1. The maximum atomic E-state index is 12.3. The Morgan fingerprint density at radius 3 is 2.71 bits per heavy atom. The van der Waals surface area contributed by atoms with E-state index in [2.05, 4.69) is 27.2 Å². The van der Waals surface area contributed by atoms with Crippen LogP contribution >= 0.6 is 35.0 Å². The molecule has 0 fully saturated rings. The Labute approximate surface area is 195 Å². The van der Waals surface area contributed by atoms with Gasteiger partial charge in [0.1, 0.15) is 5.69 Å². The highest BCUT2D eigenvalue weighted by Crippen LogP contribution is 2.27. The van der Waals surface area contributed by atoms with Gasteiger partial charge in [-0.05, 0) is 30.3 Å². The standard InChI is InChI=1S/C22H19Cl2N5OS/c1-14(20-21(27-5-4-26-20)19-3-2-17(23)12-29-19)13-31-7-6-28-22(30)16-8-15(11-25)9-18(24)10-16/h2-5,8-10,12,14H,6-7,13H2,1H3,(H,28,30). The quantitative estimate of drug-likeness (QED) is 0.465. The van der Waals surface area contributed by atoms with Gasteiger partial charge < -0.3 is 5.32 Å². The average Bonchev–Trinajstić information content (AvgIpc) is 2.78. The van der Waals surface area contributed by atoms with Gasteiger partial charge in [-0.25, -0.2) is 0 Å². The molecule has 1 N–H and O–H groups in total. The van der Waals surface area contributed by atoms with Crippen LogP contribution in [0, 0.1) is 11.3 Å². The lowest BCUT2D eigenvalue weighted by Crippen LogP contribution is -2.26. The summed E-state index contributed by atoms with van der Waals surface area (Å²) in [4.78, 5) is 25.6. The molecule has 2 heterocycles. The van der Waals surface area contributed by atoms with Crippen molar-refractivity contribution in [2.75, 3.05) is 18.1 Å². The van der Waals surface area contributed by atoms with Crippen molar-refractivity contribution in [2.24, 2.45) is 0 Å². The summed E-state index contributed by atoms with van der Waals surface area (Å²) in [6.45, 7) is 2.58. The maximum Gasteiger partial charge on any atom is 0.251 e. The first-order valence-corrected chi connectivity index (χ1v) is 11.4. The van der Waals surface area contributed by atoms with E-state index in [0.29, 0.717) is 27.7 Å². The van der Waals surface area contributed by atoms with E-state index in [1.807, 2.05) is 12.1 Å². The van der Waals surface area contributed by atoms with Crippen molar-refractivity contribution in [1.29, 1.82) is 5.26 Å². The number of nitriles is 1. The maximum absolute atomic E-state index is 12.3. The molecular weight excluding hydrogens is 453 g/mol. The lowest BCUT2D eigenvalue weighted by molar-refractivity contribution is 0.0956. The summed E-state index contributed by atoms with van der Waals surface area (Å²) in [5.74, 6) is 1.44. The van der Waals surface area contributed by atoms with Crippen molar-refractivity contribution in [3.63, 3.8) is 0 Å². The van der Waals surface area contributed by atoms with Crippen LogP contribution in [0.3, 0.4) is 0 Å². The van der Waals surface area contributed by atoms with Crippen LogP contribution in [0.5, 0.6) is 0 Å². The number of rotatable bonds is 8. The number of benzene rings is 1. The number of aromatic nitrogens is 3. The van der Waals surface area contributed by atoms with Crippen LogP contribution in [0.1, 0.15) is 34.5 Å². The Hall–Kier alpha value is -2.66. The monoisotopic (exact) mass is 471 g/mol. The SMILES string of the molecule is CC(CSCCNC(=O)c1cc(Cl)cc(C#N)c1)c1nccnc1-c1ccc(Cl)cn1. The number of amides is 1.